The Morgan fingerprint density at radius 1 is 0.960 bits per heavy atom. The van der Waals surface area contributed by atoms with E-state index < -0.39 is 28.4 Å². The second-order valence-electron chi connectivity index (χ2n) is 14.1. The van der Waals surface area contributed by atoms with Crippen LogP contribution in [0.1, 0.15) is 55.2 Å². The molecule has 4 amide bonds. The number of hydrogen-bond acceptors (Lipinski definition) is 7. The largest absolute Gasteiger partial charge is 0.506 e. The Kier molecular flexibility index (Phi) is 11.5. The molecule has 2 N–H and O–H groups in total. The SMILES string of the molecule is CN1CCCN(C2CCN(C(=O)[C@H](CC(=O)N3CCC(N4CCc5cscc5NC4=O)CC3)Cc3cc(Cl)c(O)c(C(F)(F)F)c3)CC2)CC1. The van der Waals surface area contributed by atoms with Crippen molar-refractivity contribution >= 4 is 46.5 Å². The maximum atomic E-state index is 14.1. The molecule has 0 spiro atoms. The summed E-state index contributed by atoms with van der Waals surface area (Å²) >= 11 is 7.59. The van der Waals surface area contributed by atoms with E-state index in [0.717, 1.165) is 69.2 Å². The van der Waals surface area contributed by atoms with Crippen LogP contribution >= 0.6 is 22.9 Å². The molecular formula is C35H46ClF3N6O4S. The van der Waals surface area contributed by atoms with E-state index in [9.17, 15) is 32.7 Å². The number of aromatic hydroxyl groups is 1. The van der Waals surface area contributed by atoms with Crippen LogP contribution in [0.5, 0.6) is 5.75 Å². The van der Waals surface area contributed by atoms with Crippen molar-refractivity contribution in [3.8, 4) is 5.75 Å². The normalized spacial score (nSPS) is 21.4. The quantitative estimate of drug-likeness (QED) is 0.396. The summed E-state index contributed by atoms with van der Waals surface area (Å²) in [5, 5.41) is 16.6. The highest BCUT2D eigenvalue weighted by Crippen LogP contribution is 2.41. The number of nitrogens with zero attached hydrogens (tertiary/aromatic N) is 5. The lowest BCUT2D eigenvalue weighted by atomic mass is 9.91. The number of nitrogens with one attached hydrogen (secondary N) is 1. The second kappa shape index (κ2) is 15.7. The molecule has 1 aromatic carbocycles. The zero-order valence-electron chi connectivity index (χ0n) is 28.4. The minimum Gasteiger partial charge on any atom is -0.506 e. The summed E-state index contributed by atoms with van der Waals surface area (Å²) in [4.78, 5) is 51.0. The Bertz CT molecular complexity index is 1540. The van der Waals surface area contributed by atoms with E-state index in [2.05, 4.69) is 22.2 Å². The number of phenols is 1. The topological polar surface area (TPSA) is 99.7 Å². The summed E-state index contributed by atoms with van der Waals surface area (Å²) in [5.41, 5.74) is 0.831. The minimum atomic E-state index is -4.84. The van der Waals surface area contributed by atoms with Gasteiger partial charge in [-0.3, -0.25) is 14.5 Å². The van der Waals surface area contributed by atoms with E-state index in [-0.39, 0.29) is 42.3 Å². The van der Waals surface area contributed by atoms with Gasteiger partial charge in [0.15, 0.2) is 0 Å². The molecule has 274 valence electrons. The number of halogens is 4. The van der Waals surface area contributed by atoms with Crippen LogP contribution in [0.25, 0.3) is 0 Å². The first-order valence-corrected chi connectivity index (χ1v) is 18.9. The number of likely N-dealkylation sites (N-methyl/N-ethyl adjacent to an activating group) is 1. The molecule has 0 aliphatic carbocycles. The van der Waals surface area contributed by atoms with Crippen LogP contribution in [0, 0.1) is 5.92 Å². The van der Waals surface area contributed by atoms with E-state index in [0.29, 0.717) is 51.6 Å². The maximum Gasteiger partial charge on any atom is 0.420 e. The van der Waals surface area contributed by atoms with Crippen molar-refractivity contribution in [2.45, 2.75) is 69.6 Å². The fourth-order valence-electron chi connectivity index (χ4n) is 7.93. The van der Waals surface area contributed by atoms with E-state index in [1.807, 2.05) is 15.7 Å². The molecule has 1 atom stereocenters. The molecule has 0 radical (unpaired) electrons. The van der Waals surface area contributed by atoms with Crippen molar-refractivity contribution in [2.24, 2.45) is 5.92 Å². The van der Waals surface area contributed by atoms with E-state index in [4.69, 9.17) is 11.6 Å². The van der Waals surface area contributed by atoms with Crippen LogP contribution in [0.2, 0.25) is 5.02 Å². The van der Waals surface area contributed by atoms with Gasteiger partial charge in [0.2, 0.25) is 11.8 Å². The molecule has 5 heterocycles. The van der Waals surface area contributed by atoms with E-state index in [1.165, 1.54) is 6.07 Å². The molecule has 3 saturated heterocycles. The highest BCUT2D eigenvalue weighted by molar-refractivity contribution is 7.08. The van der Waals surface area contributed by atoms with Gasteiger partial charge in [-0.2, -0.15) is 13.2 Å². The van der Waals surface area contributed by atoms with Crippen molar-refractivity contribution in [3.63, 3.8) is 0 Å². The summed E-state index contributed by atoms with van der Waals surface area (Å²) in [7, 11) is 2.13. The van der Waals surface area contributed by atoms with Gasteiger partial charge in [-0.05, 0) is 93.7 Å². The molecule has 4 aliphatic heterocycles. The van der Waals surface area contributed by atoms with Crippen molar-refractivity contribution < 1.29 is 32.7 Å². The number of rotatable bonds is 7. The maximum absolute atomic E-state index is 14.1. The van der Waals surface area contributed by atoms with Crippen LogP contribution in [-0.4, -0.2) is 125 Å². The Balaban J connectivity index is 1.12. The lowest BCUT2D eigenvalue weighted by molar-refractivity contribution is -0.143. The number of urea groups is 1. The van der Waals surface area contributed by atoms with Crippen molar-refractivity contribution in [3.05, 3.63) is 44.6 Å². The highest BCUT2D eigenvalue weighted by Gasteiger charge is 2.38. The summed E-state index contributed by atoms with van der Waals surface area (Å²) in [6.07, 6.45) is -0.512. The zero-order valence-corrected chi connectivity index (χ0v) is 30.0. The number of benzene rings is 1. The fraction of sp³-hybridized carbons (Fsp3) is 0.629. The molecule has 10 nitrogen and oxygen atoms in total. The van der Waals surface area contributed by atoms with Gasteiger partial charge in [0.1, 0.15) is 5.75 Å². The molecular weight excluding hydrogens is 693 g/mol. The average molecular weight is 739 g/mol. The molecule has 15 heteroatoms. The third-order valence-electron chi connectivity index (χ3n) is 10.9. The predicted octanol–water partition coefficient (Wildman–Crippen LogP) is 5.38. The van der Waals surface area contributed by atoms with Gasteiger partial charge in [-0.25, -0.2) is 4.79 Å². The number of anilines is 1. The number of amides is 4. The van der Waals surface area contributed by atoms with Crippen LogP contribution in [0.4, 0.5) is 23.7 Å². The number of carbonyl (C=O) groups is 3. The Labute approximate surface area is 300 Å². The molecule has 1 aromatic heterocycles. The van der Waals surface area contributed by atoms with E-state index in [1.54, 1.807) is 21.1 Å². The van der Waals surface area contributed by atoms with Crippen LogP contribution in [-0.2, 0) is 28.6 Å². The van der Waals surface area contributed by atoms with Gasteiger partial charge >= 0.3 is 12.2 Å². The monoisotopic (exact) mass is 738 g/mol. The molecule has 0 unspecified atom stereocenters. The van der Waals surface area contributed by atoms with Gasteiger partial charge in [0, 0.05) is 69.7 Å². The number of fused-ring (bicyclic) bond motifs is 1. The third kappa shape index (κ3) is 8.51. The Hall–Kier alpha value is -3.07. The number of hydrogen-bond donors (Lipinski definition) is 2. The number of carbonyl (C=O) groups excluding carboxylic acids is 3. The first kappa shape index (κ1) is 36.7. The average Bonchev–Trinajstić information content (AvgIpc) is 3.32. The van der Waals surface area contributed by atoms with Gasteiger partial charge in [-0.1, -0.05) is 11.6 Å². The molecule has 50 heavy (non-hydrogen) atoms. The third-order valence-corrected chi connectivity index (χ3v) is 11.9. The van der Waals surface area contributed by atoms with Crippen molar-refractivity contribution in [2.75, 3.05) is 71.3 Å². The standard InChI is InChI=1S/C35H46ClF3N6O4S/c1-41-8-2-9-42(16-15-41)26-4-12-44(13-5-26)33(48)25(17-23-18-28(35(37,38)39)32(47)29(36)19-23)20-31(46)43-10-6-27(7-11-43)45-14-3-24-21-50-22-30(24)40-34(45)49/h18-19,21-22,25-27,47H,2-17,20H2,1H3,(H,40,49)/t25-/m0/s1. The second-order valence-corrected chi connectivity index (χ2v) is 15.3. The lowest BCUT2D eigenvalue weighted by Crippen LogP contribution is -2.51. The fourth-order valence-corrected chi connectivity index (χ4v) is 9.00. The lowest BCUT2D eigenvalue weighted by Gasteiger charge is -2.40. The van der Waals surface area contributed by atoms with Crippen LogP contribution in [0.15, 0.2) is 22.9 Å². The first-order valence-electron chi connectivity index (χ1n) is 17.6. The predicted molar refractivity (Wildman–Crippen MR) is 187 cm³/mol. The molecule has 0 bridgehead atoms. The Morgan fingerprint density at radius 3 is 2.38 bits per heavy atom. The Morgan fingerprint density at radius 2 is 1.66 bits per heavy atom. The van der Waals surface area contributed by atoms with Crippen molar-refractivity contribution in [1.82, 2.24) is 24.5 Å². The van der Waals surface area contributed by atoms with Crippen LogP contribution in [0.3, 0.4) is 0 Å². The van der Waals surface area contributed by atoms with E-state index >= 15 is 0 Å². The number of piperidine rings is 2. The molecule has 0 saturated carbocycles. The zero-order chi connectivity index (χ0) is 35.6. The summed E-state index contributed by atoms with van der Waals surface area (Å²) < 4.78 is 41.3. The first-order chi connectivity index (χ1) is 23.9. The minimum absolute atomic E-state index is 0.0324. The molecule has 2 aromatic rings. The van der Waals surface area contributed by atoms with Crippen molar-refractivity contribution in [1.29, 1.82) is 0 Å². The smallest absolute Gasteiger partial charge is 0.420 e. The molecule has 6 rings (SSSR count). The van der Waals surface area contributed by atoms with Crippen LogP contribution < -0.4 is 5.32 Å². The summed E-state index contributed by atoms with van der Waals surface area (Å²) in [6, 6.07) is 2.25. The number of phenolic OH excluding ortho intramolecular Hbond substituents is 1. The number of alkyl halides is 3. The molecule has 3 fully saturated rings. The van der Waals surface area contributed by atoms with Gasteiger partial charge in [0.05, 0.1) is 22.2 Å². The van der Waals surface area contributed by atoms with Gasteiger partial charge in [-0.15, -0.1) is 11.3 Å². The van der Waals surface area contributed by atoms with Gasteiger partial charge in [0.25, 0.3) is 0 Å². The molecule has 4 aliphatic rings. The summed E-state index contributed by atoms with van der Waals surface area (Å²) in [5.74, 6) is -2.46. The highest BCUT2D eigenvalue weighted by atomic mass is 35.5. The summed E-state index contributed by atoms with van der Waals surface area (Å²) in [6.45, 7) is 6.48. The number of likely N-dealkylation sites (tertiary alicyclic amines) is 2. The number of thiophene rings is 1. The van der Waals surface area contributed by atoms with Gasteiger partial charge < -0.3 is 30.0 Å².